The molecule has 4 aromatic rings. The van der Waals surface area contributed by atoms with Crippen LogP contribution in [0.25, 0.3) is 28.3 Å². The lowest BCUT2D eigenvalue weighted by atomic mass is 9.98. The molecule has 0 aromatic carbocycles. The lowest BCUT2D eigenvalue weighted by Gasteiger charge is -2.18. The lowest BCUT2D eigenvalue weighted by Crippen LogP contribution is -2.15. The predicted molar refractivity (Wildman–Crippen MR) is 93.9 cm³/mol. The monoisotopic (exact) mass is 334 g/mol. The van der Waals surface area contributed by atoms with Crippen molar-refractivity contribution in [2.45, 2.75) is 26.4 Å². The minimum absolute atomic E-state index is 0.713. The van der Waals surface area contributed by atoms with Gasteiger partial charge in [0.15, 0.2) is 0 Å². The van der Waals surface area contributed by atoms with Crippen LogP contribution >= 0.6 is 0 Å². The van der Waals surface area contributed by atoms with E-state index in [4.69, 9.17) is 4.52 Å². The highest BCUT2D eigenvalue weighted by molar-refractivity contribution is 5.64. The standard InChI is InChI=1S/C19H18N4O2/c1-12-8-16(22-25-12)17-11-23-10-13(4-5-18(23)21-17)15-9-14(6-7-20-15)19(2,3)24/h4-11,24H,1-3H3. The minimum atomic E-state index is -0.908. The molecule has 25 heavy (non-hydrogen) atoms. The van der Waals surface area contributed by atoms with Crippen LogP contribution in [0.3, 0.4) is 0 Å². The van der Waals surface area contributed by atoms with E-state index in [9.17, 15) is 5.11 Å². The fraction of sp³-hybridized carbons (Fsp3) is 0.211. The highest BCUT2D eigenvalue weighted by Gasteiger charge is 2.17. The molecule has 0 amide bonds. The van der Waals surface area contributed by atoms with E-state index in [0.29, 0.717) is 5.69 Å². The van der Waals surface area contributed by atoms with Crippen molar-refractivity contribution in [1.82, 2.24) is 19.5 Å². The van der Waals surface area contributed by atoms with Crippen LogP contribution in [0.2, 0.25) is 0 Å². The molecule has 0 fully saturated rings. The van der Waals surface area contributed by atoms with Crippen LogP contribution in [0.4, 0.5) is 0 Å². The zero-order chi connectivity index (χ0) is 17.6. The zero-order valence-electron chi connectivity index (χ0n) is 14.3. The Balaban J connectivity index is 1.77. The highest BCUT2D eigenvalue weighted by atomic mass is 16.5. The van der Waals surface area contributed by atoms with E-state index >= 15 is 0 Å². The van der Waals surface area contributed by atoms with Crippen molar-refractivity contribution in [3.63, 3.8) is 0 Å². The van der Waals surface area contributed by atoms with E-state index in [-0.39, 0.29) is 0 Å². The average molecular weight is 334 g/mol. The molecule has 0 bridgehead atoms. The van der Waals surface area contributed by atoms with Crippen LogP contribution in [-0.2, 0) is 5.60 Å². The zero-order valence-corrected chi connectivity index (χ0v) is 14.3. The van der Waals surface area contributed by atoms with Gasteiger partial charge in [0.25, 0.3) is 0 Å². The molecule has 0 aliphatic heterocycles. The molecule has 6 nitrogen and oxygen atoms in total. The number of fused-ring (bicyclic) bond motifs is 1. The Bertz CT molecular complexity index is 1060. The maximum absolute atomic E-state index is 10.2. The summed E-state index contributed by atoms with van der Waals surface area (Å²) in [5.41, 5.74) is 3.94. The van der Waals surface area contributed by atoms with E-state index in [1.807, 2.05) is 54.0 Å². The normalized spacial score (nSPS) is 12.0. The molecule has 126 valence electrons. The molecule has 4 aromatic heterocycles. The number of aryl methyl sites for hydroxylation is 1. The second-order valence-electron chi connectivity index (χ2n) is 6.62. The third kappa shape index (κ3) is 2.92. The van der Waals surface area contributed by atoms with E-state index in [0.717, 1.165) is 33.9 Å². The first-order chi connectivity index (χ1) is 11.9. The van der Waals surface area contributed by atoms with Crippen LogP contribution in [-0.4, -0.2) is 24.6 Å². The molecule has 0 saturated heterocycles. The summed E-state index contributed by atoms with van der Waals surface area (Å²) in [6.45, 7) is 5.38. The molecule has 0 aliphatic carbocycles. The van der Waals surface area contributed by atoms with Gasteiger partial charge in [0, 0.05) is 30.2 Å². The molecule has 4 rings (SSSR count). The van der Waals surface area contributed by atoms with Crippen molar-refractivity contribution in [3.05, 3.63) is 60.2 Å². The number of hydrogen-bond donors (Lipinski definition) is 1. The number of pyridine rings is 2. The first-order valence-corrected chi connectivity index (χ1v) is 8.02. The number of rotatable bonds is 3. The molecule has 6 heteroatoms. The van der Waals surface area contributed by atoms with Crippen LogP contribution < -0.4 is 0 Å². The summed E-state index contributed by atoms with van der Waals surface area (Å²) in [6, 6.07) is 9.49. The molecule has 0 spiro atoms. The third-order valence-corrected chi connectivity index (χ3v) is 4.10. The fourth-order valence-corrected chi connectivity index (χ4v) is 2.72. The van der Waals surface area contributed by atoms with Crippen molar-refractivity contribution in [2.75, 3.05) is 0 Å². The molecule has 4 heterocycles. The Labute approximate surface area is 144 Å². The van der Waals surface area contributed by atoms with Crippen molar-refractivity contribution in [3.8, 4) is 22.6 Å². The summed E-state index contributed by atoms with van der Waals surface area (Å²) in [4.78, 5) is 8.99. The summed E-state index contributed by atoms with van der Waals surface area (Å²) in [5, 5.41) is 14.2. The summed E-state index contributed by atoms with van der Waals surface area (Å²) in [6.07, 6.45) is 5.59. The number of aliphatic hydroxyl groups is 1. The Morgan fingerprint density at radius 3 is 2.60 bits per heavy atom. The van der Waals surface area contributed by atoms with Gasteiger partial charge in [-0.05, 0) is 50.6 Å². The predicted octanol–water partition coefficient (Wildman–Crippen LogP) is 3.59. The summed E-state index contributed by atoms with van der Waals surface area (Å²) in [5.74, 6) is 0.750. The lowest BCUT2D eigenvalue weighted by molar-refractivity contribution is 0.0785. The van der Waals surface area contributed by atoms with Crippen molar-refractivity contribution >= 4 is 5.65 Å². The van der Waals surface area contributed by atoms with Crippen molar-refractivity contribution in [1.29, 1.82) is 0 Å². The van der Waals surface area contributed by atoms with Gasteiger partial charge in [0.2, 0.25) is 0 Å². The molecule has 0 atom stereocenters. The number of aromatic nitrogens is 4. The van der Waals surface area contributed by atoms with Crippen LogP contribution in [0.1, 0.15) is 25.2 Å². The van der Waals surface area contributed by atoms with Gasteiger partial charge < -0.3 is 14.0 Å². The third-order valence-electron chi connectivity index (χ3n) is 4.10. The van der Waals surface area contributed by atoms with Gasteiger partial charge in [0.1, 0.15) is 22.8 Å². The molecule has 0 saturated carbocycles. The van der Waals surface area contributed by atoms with Gasteiger partial charge in [-0.15, -0.1) is 0 Å². The maximum Gasteiger partial charge on any atom is 0.137 e. The van der Waals surface area contributed by atoms with Gasteiger partial charge in [-0.2, -0.15) is 0 Å². The van der Waals surface area contributed by atoms with Gasteiger partial charge in [-0.3, -0.25) is 4.98 Å². The molecule has 0 aliphatic rings. The molecule has 0 unspecified atom stereocenters. The quantitative estimate of drug-likeness (QED) is 0.619. The molecule has 1 N–H and O–H groups in total. The minimum Gasteiger partial charge on any atom is -0.386 e. The van der Waals surface area contributed by atoms with E-state index in [1.165, 1.54) is 0 Å². The number of hydrogen-bond acceptors (Lipinski definition) is 5. The largest absolute Gasteiger partial charge is 0.386 e. The fourth-order valence-electron chi connectivity index (χ4n) is 2.72. The van der Waals surface area contributed by atoms with Crippen LogP contribution in [0, 0.1) is 6.92 Å². The average Bonchev–Trinajstić information content (AvgIpc) is 3.19. The summed E-state index contributed by atoms with van der Waals surface area (Å²) < 4.78 is 7.06. The van der Waals surface area contributed by atoms with Crippen LogP contribution in [0.5, 0.6) is 0 Å². The number of nitrogens with zero attached hydrogens (tertiary/aromatic N) is 4. The van der Waals surface area contributed by atoms with Gasteiger partial charge in [-0.25, -0.2) is 4.98 Å². The Hall–Kier alpha value is -2.99. The molecule has 0 radical (unpaired) electrons. The first-order valence-electron chi connectivity index (χ1n) is 8.02. The smallest absolute Gasteiger partial charge is 0.137 e. The van der Waals surface area contributed by atoms with Crippen LogP contribution in [0.15, 0.2) is 53.4 Å². The highest BCUT2D eigenvalue weighted by Crippen LogP contribution is 2.26. The van der Waals surface area contributed by atoms with Crippen molar-refractivity contribution in [2.24, 2.45) is 0 Å². The maximum atomic E-state index is 10.2. The summed E-state index contributed by atoms with van der Waals surface area (Å²) in [7, 11) is 0. The second-order valence-corrected chi connectivity index (χ2v) is 6.62. The second kappa shape index (κ2) is 5.53. The van der Waals surface area contributed by atoms with Gasteiger partial charge in [-0.1, -0.05) is 5.16 Å². The number of imidazole rings is 1. The summed E-state index contributed by atoms with van der Waals surface area (Å²) >= 11 is 0. The molecular formula is C19H18N4O2. The molecular weight excluding hydrogens is 316 g/mol. The van der Waals surface area contributed by atoms with E-state index in [1.54, 1.807) is 20.0 Å². The van der Waals surface area contributed by atoms with E-state index in [2.05, 4.69) is 15.1 Å². The SMILES string of the molecule is Cc1cc(-c2cn3cc(-c4cc(C(C)(C)O)ccn4)ccc3n2)no1. The Morgan fingerprint density at radius 1 is 1.04 bits per heavy atom. The Kier molecular flexibility index (Phi) is 3.43. The first kappa shape index (κ1) is 15.5. The van der Waals surface area contributed by atoms with Gasteiger partial charge in [0.05, 0.1) is 11.3 Å². The Morgan fingerprint density at radius 2 is 1.88 bits per heavy atom. The van der Waals surface area contributed by atoms with Crippen molar-refractivity contribution < 1.29 is 9.63 Å². The topological polar surface area (TPSA) is 76.5 Å². The van der Waals surface area contributed by atoms with Gasteiger partial charge >= 0.3 is 0 Å². The van der Waals surface area contributed by atoms with E-state index < -0.39 is 5.60 Å².